The molecule has 31 heavy (non-hydrogen) atoms. The van der Waals surface area contributed by atoms with Gasteiger partial charge >= 0.3 is 0 Å². The summed E-state index contributed by atoms with van der Waals surface area (Å²) in [7, 11) is 0. The Hall–Kier alpha value is -4.44. The van der Waals surface area contributed by atoms with Crippen LogP contribution in [-0.2, 0) is 0 Å². The lowest BCUT2D eigenvalue weighted by atomic mass is 9.99. The van der Waals surface area contributed by atoms with Crippen LogP contribution in [0.25, 0.3) is 11.3 Å². The first kappa shape index (κ1) is 19.9. The Bertz CT molecular complexity index is 1260. The predicted octanol–water partition coefficient (Wildman–Crippen LogP) is 5.56. The van der Waals surface area contributed by atoms with Crippen LogP contribution < -0.4 is 10.6 Å². The Morgan fingerprint density at radius 3 is 2.45 bits per heavy atom. The van der Waals surface area contributed by atoms with Crippen molar-refractivity contribution in [2.45, 2.75) is 6.92 Å². The molecule has 4 rings (SSSR count). The van der Waals surface area contributed by atoms with E-state index in [1.165, 1.54) is 24.3 Å². The predicted molar refractivity (Wildman–Crippen MR) is 118 cm³/mol. The van der Waals surface area contributed by atoms with E-state index in [1.54, 1.807) is 31.3 Å². The Labute approximate surface area is 178 Å². The first-order chi connectivity index (χ1) is 15.0. The largest absolute Gasteiger partial charge is 0.441 e. The number of benzene rings is 2. The molecule has 0 saturated heterocycles. The number of oxazole rings is 1. The second kappa shape index (κ2) is 8.51. The van der Waals surface area contributed by atoms with E-state index >= 15 is 0 Å². The number of aryl methyl sites for hydroxylation is 1. The summed E-state index contributed by atoms with van der Waals surface area (Å²) in [6.07, 6.45) is 6.91. The summed E-state index contributed by atoms with van der Waals surface area (Å²) in [5, 5.41) is 24.3. The highest BCUT2D eigenvalue weighted by atomic mass is 19.1. The number of nitrogens with one attached hydrogen (secondary N) is 3. The van der Waals surface area contributed by atoms with Crippen molar-refractivity contribution >= 4 is 17.1 Å². The number of aromatic nitrogens is 1. The topological polar surface area (TPSA) is 97.7 Å². The van der Waals surface area contributed by atoms with Crippen LogP contribution in [0.1, 0.15) is 5.89 Å². The Morgan fingerprint density at radius 1 is 1.10 bits per heavy atom. The van der Waals surface area contributed by atoms with Gasteiger partial charge in [-0.25, -0.2) is 9.37 Å². The fourth-order valence-corrected chi connectivity index (χ4v) is 3.07. The van der Waals surface area contributed by atoms with Gasteiger partial charge in [0, 0.05) is 29.4 Å². The third-order valence-corrected chi connectivity index (χ3v) is 4.63. The maximum Gasteiger partial charge on any atom is 0.191 e. The molecule has 1 aromatic heterocycles. The minimum Gasteiger partial charge on any atom is -0.441 e. The minimum atomic E-state index is -0.360. The molecule has 1 aliphatic carbocycles. The zero-order valence-corrected chi connectivity index (χ0v) is 16.6. The van der Waals surface area contributed by atoms with Gasteiger partial charge in [-0.2, -0.15) is 5.26 Å². The Balaban J connectivity index is 1.52. The summed E-state index contributed by atoms with van der Waals surface area (Å²) in [6, 6.07) is 15.3. The summed E-state index contributed by atoms with van der Waals surface area (Å²) in [4.78, 5) is 4.10. The quantitative estimate of drug-likeness (QED) is 0.477. The molecular formula is C24H18FN5O. The number of rotatable bonds is 5. The first-order valence-corrected chi connectivity index (χ1v) is 9.48. The molecule has 0 amide bonds. The van der Waals surface area contributed by atoms with E-state index in [1.807, 2.05) is 24.3 Å². The molecule has 3 aromatic rings. The van der Waals surface area contributed by atoms with E-state index in [-0.39, 0.29) is 17.2 Å². The molecule has 0 bridgehead atoms. The van der Waals surface area contributed by atoms with Gasteiger partial charge in [-0.1, -0.05) is 6.08 Å². The molecule has 152 valence electrons. The van der Waals surface area contributed by atoms with Crippen molar-refractivity contribution in [3.8, 4) is 17.4 Å². The van der Waals surface area contributed by atoms with E-state index in [2.05, 4.69) is 21.7 Å². The SMILES string of the molecule is Cc1ncc(-c2ccc(NC3=CC=C/C(=C(\C#N)Nc4ccc(F)cc4)C3=N)cc2)o1. The van der Waals surface area contributed by atoms with E-state index in [4.69, 9.17) is 9.83 Å². The molecule has 0 saturated carbocycles. The summed E-state index contributed by atoms with van der Waals surface area (Å²) >= 11 is 0. The number of nitriles is 1. The molecule has 0 radical (unpaired) electrons. The summed E-state index contributed by atoms with van der Waals surface area (Å²) in [6.45, 7) is 1.79. The maximum atomic E-state index is 13.1. The van der Waals surface area contributed by atoms with Crippen LogP contribution in [0.2, 0.25) is 0 Å². The van der Waals surface area contributed by atoms with Gasteiger partial charge in [0.1, 0.15) is 17.6 Å². The van der Waals surface area contributed by atoms with Crippen molar-refractivity contribution in [1.29, 1.82) is 10.7 Å². The van der Waals surface area contributed by atoms with Gasteiger partial charge in [-0.15, -0.1) is 0 Å². The third-order valence-electron chi connectivity index (χ3n) is 4.63. The zero-order chi connectivity index (χ0) is 21.8. The van der Waals surface area contributed by atoms with Crippen LogP contribution in [0.3, 0.4) is 0 Å². The van der Waals surface area contributed by atoms with Crippen molar-refractivity contribution in [1.82, 2.24) is 4.98 Å². The smallest absolute Gasteiger partial charge is 0.191 e. The van der Waals surface area contributed by atoms with Crippen molar-refractivity contribution in [2.75, 3.05) is 10.6 Å². The van der Waals surface area contributed by atoms with Crippen molar-refractivity contribution < 1.29 is 8.81 Å². The van der Waals surface area contributed by atoms with Crippen LogP contribution in [0, 0.1) is 29.5 Å². The van der Waals surface area contributed by atoms with Crippen LogP contribution in [0.4, 0.5) is 15.8 Å². The lowest BCUT2D eigenvalue weighted by molar-refractivity contribution is 0.534. The molecule has 0 aliphatic heterocycles. The van der Waals surface area contributed by atoms with E-state index < -0.39 is 0 Å². The van der Waals surface area contributed by atoms with E-state index in [0.29, 0.717) is 28.6 Å². The molecule has 1 aliphatic rings. The molecule has 2 aromatic carbocycles. The fourth-order valence-electron chi connectivity index (χ4n) is 3.07. The molecule has 1 heterocycles. The average Bonchev–Trinajstić information content (AvgIpc) is 3.22. The van der Waals surface area contributed by atoms with Gasteiger partial charge in [0.25, 0.3) is 0 Å². The lowest BCUT2D eigenvalue weighted by Gasteiger charge is -2.18. The second-order valence-corrected chi connectivity index (χ2v) is 6.79. The normalized spacial score (nSPS) is 14.6. The van der Waals surface area contributed by atoms with Crippen LogP contribution in [0.5, 0.6) is 0 Å². The summed E-state index contributed by atoms with van der Waals surface area (Å²) in [5.74, 6) is 0.930. The molecule has 7 heteroatoms. The first-order valence-electron chi connectivity index (χ1n) is 9.48. The monoisotopic (exact) mass is 411 g/mol. The van der Waals surface area contributed by atoms with Crippen molar-refractivity contribution in [2.24, 2.45) is 0 Å². The molecule has 3 N–H and O–H groups in total. The molecule has 6 nitrogen and oxygen atoms in total. The molecular weight excluding hydrogens is 393 g/mol. The number of halogens is 1. The number of hydrogen-bond donors (Lipinski definition) is 3. The van der Waals surface area contributed by atoms with E-state index in [0.717, 1.165) is 11.3 Å². The maximum absolute atomic E-state index is 13.1. The van der Waals surface area contributed by atoms with Gasteiger partial charge < -0.3 is 15.1 Å². The summed E-state index contributed by atoms with van der Waals surface area (Å²) < 4.78 is 18.7. The Kier molecular flexibility index (Phi) is 5.45. The van der Waals surface area contributed by atoms with Crippen LogP contribution in [0.15, 0.2) is 94.3 Å². The minimum absolute atomic E-state index is 0.170. The molecule has 0 unspecified atom stereocenters. The fraction of sp³-hybridized carbons (Fsp3) is 0.0417. The Morgan fingerprint density at radius 2 is 1.81 bits per heavy atom. The number of hydrogen-bond acceptors (Lipinski definition) is 6. The number of anilines is 2. The van der Waals surface area contributed by atoms with Crippen LogP contribution in [-0.4, -0.2) is 10.7 Å². The summed E-state index contributed by atoms with van der Waals surface area (Å²) in [5.41, 5.74) is 3.61. The van der Waals surface area contributed by atoms with Gasteiger partial charge in [-0.3, -0.25) is 5.41 Å². The average molecular weight is 411 g/mol. The molecule has 0 fully saturated rings. The lowest BCUT2D eigenvalue weighted by Crippen LogP contribution is -2.17. The van der Waals surface area contributed by atoms with Crippen molar-refractivity contribution in [3.63, 3.8) is 0 Å². The molecule has 0 spiro atoms. The second-order valence-electron chi connectivity index (χ2n) is 6.79. The number of nitrogens with zero attached hydrogens (tertiary/aromatic N) is 2. The van der Waals surface area contributed by atoms with Gasteiger partial charge in [-0.05, 0) is 60.7 Å². The van der Waals surface area contributed by atoms with Crippen molar-refractivity contribution in [3.05, 3.63) is 102 Å². The highest BCUT2D eigenvalue weighted by molar-refractivity contribution is 6.16. The highest BCUT2D eigenvalue weighted by Crippen LogP contribution is 2.25. The van der Waals surface area contributed by atoms with Gasteiger partial charge in [0.15, 0.2) is 11.7 Å². The van der Waals surface area contributed by atoms with E-state index in [9.17, 15) is 9.65 Å². The van der Waals surface area contributed by atoms with Crippen LogP contribution >= 0.6 is 0 Å². The van der Waals surface area contributed by atoms with Gasteiger partial charge in [0.05, 0.1) is 17.6 Å². The van der Waals surface area contributed by atoms with Gasteiger partial charge in [0.2, 0.25) is 0 Å². The number of allylic oxidation sites excluding steroid dienone is 5. The third kappa shape index (κ3) is 4.43. The highest BCUT2D eigenvalue weighted by Gasteiger charge is 2.17. The zero-order valence-electron chi connectivity index (χ0n) is 16.6. The standard InChI is InChI=1S/C24H18FN5O/c1-15-28-14-23(31-15)16-5-9-18(10-6-16)29-21-4-2-3-20(24(21)27)22(13-26)30-19-11-7-17(25)8-12-19/h2-12,14,27,29-30H,1H3/b22-20-,27-24?. The molecule has 0 atom stereocenters.